The highest BCUT2D eigenvalue weighted by molar-refractivity contribution is 6.32. The molecule has 0 N–H and O–H groups in total. The Morgan fingerprint density at radius 1 is 1.48 bits per heavy atom. The van der Waals surface area contributed by atoms with Crippen LogP contribution in [0.3, 0.4) is 0 Å². The fraction of sp³-hybridized carbons (Fsp3) is 0.625. The van der Waals surface area contributed by atoms with Gasteiger partial charge < -0.3 is 4.74 Å². The maximum absolute atomic E-state index is 13.2. The second-order valence-corrected chi connectivity index (χ2v) is 6.62. The zero-order valence-corrected chi connectivity index (χ0v) is 13.4. The van der Waals surface area contributed by atoms with Crippen LogP contribution in [0.1, 0.15) is 50.4 Å². The summed E-state index contributed by atoms with van der Waals surface area (Å²) in [6.45, 7) is 6.44. The SMILES string of the molecule is CC1CCC(C(C)C)C(OC(=O)c2cc(F)cnc2Cl)C1. The van der Waals surface area contributed by atoms with E-state index in [1.165, 1.54) is 0 Å². The molecule has 0 spiro atoms. The second kappa shape index (κ2) is 6.73. The van der Waals surface area contributed by atoms with Crippen molar-refractivity contribution in [2.45, 2.75) is 46.1 Å². The molecule has 0 saturated heterocycles. The van der Waals surface area contributed by atoms with Crippen LogP contribution >= 0.6 is 11.6 Å². The molecule has 1 saturated carbocycles. The number of carbonyl (C=O) groups is 1. The number of hydrogen-bond donors (Lipinski definition) is 0. The Hall–Kier alpha value is -1.16. The second-order valence-electron chi connectivity index (χ2n) is 6.26. The average Bonchev–Trinajstić information content (AvgIpc) is 2.41. The van der Waals surface area contributed by atoms with E-state index in [0.717, 1.165) is 31.5 Å². The minimum absolute atomic E-state index is 0.00241. The minimum Gasteiger partial charge on any atom is -0.458 e. The van der Waals surface area contributed by atoms with Crippen molar-refractivity contribution in [2.24, 2.45) is 17.8 Å². The Bertz CT molecular complexity index is 521. The van der Waals surface area contributed by atoms with Gasteiger partial charge in [-0.3, -0.25) is 0 Å². The van der Waals surface area contributed by atoms with Crippen molar-refractivity contribution >= 4 is 17.6 Å². The molecule has 116 valence electrons. The van der Waals surface area contributed by atoms with Gasteiger partial charge in [0.1, 0.15) is 17.1 Å². The summed E-state index contributed by atoms with van der Waals surface area (Å²) < 4.78 is 18.9. The van der Waals surface area contributed by atoms with Crippen LogP contribution in [-0.4, -0.2) is 17.1 Å². The lowest BCUT2D eigenvalue weighted by Crippen LogP contribution is -2.36. The molecule has 21 heavy (non-hydrogen) atoms. The Morgan fingerprint density at radius 2 is 2.19 bits per heavy atom. The summed E-state index contributed by atoms with van der Waals surface area (Å²) >= 11 is 5.86. The summed E-state index contributed by atoms with van der Waals surface area (Å²) in [7, 11) is 0. The summed E-state index contributed by atoms with van der Waals surface area (Å²) in [5, 5.41) is -0.0219. The number of halogens is 2. The van der Waals surface area contributed by atoms with Crippen molar-refractivity contribution in [1.82, 2.24) is 4.98 Å². The van der Waals surface area contributed by atoms with Crippen molar-refractivity contribution in [3.63, 3.8) is 0 Å². The van der Waals surface area contributed by atoms with Crippen molar-refractivity contribution in [3.8, 4) is 0 Å². The third-order valence-electron chi connectivity index (χ3n) is 4.25. The van der Waals surface area contributed by atoms with Gasteiger partial charge in [0.2, 0.25) is 0 Å². The number of rotatable bonds is 3. The number of carbonyl (C=O) groups excluding carboxylic acids is 1. The molecular formula is C16H21ClFNO2. The number of pyridine rings is 1. The minimum atomic E-state index is -0.594. The third kappa shape index (κ3) is 3.94. The molecule has 3 unspecified atom stereocenters. The molecule has 1 aromatic heterocycles. The van der Waals surface area contributed by atoms with Gasteiger partial charge in [-0.25, -0.2) is 14.2 Å². The molecule has 0 bridgehead atoms. The first-order valence-corrected chi connectivity index (χ1v) is 7.78. The fourth-order valence-corrected chi connectivity index (χ4v) is 3.20. The van der Waals surface area contributed by atoms with Crippen molar-refractivity contribution < 1.29 is 13.9 Å². The van der Waals surface area contributed by atoms with E-state index in [0.29, 0.717) is 17.8 Å². The van der Waals surface area contributed by atoms with E-state index in [4.69, 9.17) is 16.3 Å². The van der Waals surface area contributed by atoms with Crippen LogP contribution in [-0.2, 0) is 4.74 Å². The van der Waals surface area contributed by atoms with E-state index in [1.807, 2.05) is 0 Å². The highest BCUT2D eigenvalue weighted by Gasteiger charge is 2.34. The monoisotopic (exact) mass is 313 g/mol. The fourth-order valence-electron chi connectivity index (χ4n) is 3.02. The summed E-state index contributed by atoms with van der Waals surface area (Å²) in [5.41, 5.74) is -0.00241. The highest BCUT2D eigenvalue weighted by Crippen LogP contribution is 2.35. The van der Waals surface area contributed by atoms with Gasteiger partial charge in [-0.1, -0.05) is 38.8 Å². The molecule has 1 heterocycles. The Balaban J connectivity index is 2.14. The van der Waals surface area contributed by atoms with Crippen molar-refractivity contribution in [1.29, 1.82) is 0 Å². The molecule has 1 fully saturated rings. The number of ether oxygens (including phenoxy) is 1. The Labute approximate surface area is 129 Å². The third-order valence-corrected chi connectivity index (χ3v) is 4.55. The molecule has 3 atom stereocenters. The van der Waals surface area contributed by atoms with Crippen LogP contribution in [0.15, 0.2) is 12.3 Å². The smallest absolute Gasteiger partial charge is 0.341 e. The summed E-state index contributed by atoms with van der Waals surface area (Å²) in [5.74, 6) is 0.126. The molecule has 1 aromatic rings. The lowest BCUT2D eigenvalue weighted by Gasteiger charge is -2.36. The molecule has 3 nitrogen and oxygen atoms in total. The van der Waals surface area contributed by atoms with Crippen LogP contribution in [0.4, 0.5) is 4.39 Å². The zero-order valence-electron chi connectivity index (χ0n) is 12.6. The molecule has 1 aliphatic rings. The number of esters is 1. The zero-order chi connectivity index (χ0) is 15.6. The Morgan fingerprint density at radius 3 is 2.86 bits per heavy atom. The van der Waals surface area contributed by atoms with Crippen molar-refractivity contribution in [3.05, 3.63) is 28.8 Å². The number of hydrogen-bond acceptors (Lipinski definition) is 3. The quantitative estimate of drug-likeness (QED) is 0.609. The Kier molecular flexibility index (Phi) is 5.20. The van der Waals surface area contributed by atoms with Gasteiger partial charge in [0.25, 0.3) is 0 Å². The van der Waals surface area contributed by atoms with Crippen LogP contribution < -0.4 is 0 Å². The van der Waals surface area contributed by atoms with Gasteiger partial charge in [-0.2, -0.15) is 0 Å². The average molecular weight is 314 g/mol. The van der Waals surface area contributed by atoms with Gasteiger partial charge in [-0.15, -0.1) is 0 Å². The maximum Gasteiger partial charge on any atom is 0.341 e. The summed E-state index contributed by atoms with van der Waals surface area (Å²) in [4.78, 5) is 15.9. The highest BCUT2D eigenvalue weighted by atomic mass is 35.5. The van der Waals surface area contributed by atoms with Gasteiger partial charge >= 0.3 is 5.97 Å². The van der Waals surface area contributed by atoms with Gasteiger partial charge in [0.05, 0.1) is 11.8 Å². The molecule has 5 heteroatoms. The van der Waals surface area contributed by atoms with E-state index in [-0.39, 0.29) is 16.8 Å². The molecule has 0 radical (unpaired) electrons. The van der Waals surface area contributed by atoms with Crippen LogP contribution in [0.5, 0.6) is 0 Å². The predicted molar refractivity (Wildman–Crippen MR) is 79.8 cm³/mol. The molecule has 0 amide bonds. The van der Waals surface area contributed by atoms with E-state index in [9.17, 15) is 9.18 Å². The van der Waals surface area contributed by atoms with Crippen LogP contribution in [0.25, 0.3) is 0 Å². The van der Waals surface area contributed by atoms with Crippen LogP contribution in [0.2, 0.25) is 5.15 Å². The molecule has 0 aliphatic heterocycles. The molecule has 0 aromatic carbocycles. The molecule has 1 aliphatic carbocycles. The van der Waals surface area contributed by atoms with Gasteiger partial charge in [-0.05, 0) is 36.7 Å². The van der Waals surface area contributed by atoms with E-state index < -0.39 is 11.8 Å². The first kappa shape index (κ1) is 16.2. The summed E-state index contributed by atoms with van der Waals surface area (Å²) in [6.07, 6.45) is 3.89. The molecular weight excluding hydrogens is 293 g/mol. The van der Waals surface area contributed by atoms with Gasteiger partial charge in [0.15, 0.2) is 0 Å². The van der Waals surface area contributed by atoms with Gasteiger partial charge in [0, 0.05) is 0 Å². The van der Waals surface area contributed by atoms with Crippen LogP contribution in [0, 0.1) is 23.6 Å². The predicted octanol–water partition coefficient (Wildman–Crippen LogP) is 4.49. The number of aromatic nitrogens is 1. The van der Waals surface area contributed by atoms with Crippen molar-refractivity contribution in [2.75, 3.05) is 0 Å². The van der Waals surface area contributed by atoms with E-state index >= 15 is 0 Å². The standard InChI is InChI=1S/C16H21ClFNO2/c1-9(2)12-5-4-10(3)6-14(12)21-16(20)13-7-11(18)8-19-15(13)17/h7-10,12,14H,4-6H2,1-3H3. The topological polar surface area (TPSA) is 39.2 Å². The largest absolute Gasteiger partial charge is 0.458 e. The molecule has 2 rings (SSSR count). The first-order chi connectivity index (χ1) is 9.88. The number of nitrogens with zero attached hydrogens (tertiary/aromatic N) is 1. The normalized spacial score (nSPS) is 25.9. The lowest BCUT2D eigenvalue weighted by atomic mass is 9.75. The summed E-state index contributed by atoms with van der Waals surface area (Å²) in [6, 6.07) is 1.08. The van der Waals surface area contributed by atoms with E-state index in [2.05, 4.69) is 25.8 Å². The lowest BCUT2D eigenvalue weighted by molar-refractivity contribution is -0.0174. The van der Waals surface area contributed by atoms with E-state index in [1.54, 1.807) is 0 Å². The first-order valence-electron chi connectivity index (χ1n) is 7.40. The maximum atomic E-state index is 13.2.